The highest BCUT2D eigenvalue weighted by atomic mass is 16.5. The average molecular weight is 263 g/mol. The molecule has 5 nitrogen and oxygen atoms in total. The molecule has 1 saturated heterocycles. The van der Waals surface area contributed by atoms with Crippen molar-refractivity contribution < 1.29 is 9.53 Å². The minimum atomic E-state index is -0.145. The van der Waals surface area contributed by atoms with Crippen LogP contribution in [0.5, 0.6) is 0 Å². The summed E-state index contributed by atoms with van der Waals surface area (Å²) in [5.74, 6) is -0.145. The number of ether oxygens (including phenoxy) is 1. The van der Waals surface area contributed by atoms with E-state index in [1.165, 1.54) is 6.42 Å². The fourth-order valence-electron chi connectivity index (χ4n) is 2.13. The van der Waals surface area contributed by atoms with E-state index in [4.69, 9.17) is 4.74 Å². The number of pyridine rings is 1. The molecule has 0 aromatic carbocycles. The summed E-state index contributed by atoms with van der Waals surface area (Å²) < 4.78 is 5.58. The van der Waals surface area contributed by atoms with E-state index in [2.05, 4.69) is 15.6 Å². The molecule has 1 aromatic rings. The molecule has 1 unspecified atom stereocenters. The van der Waals surface area contributed by atoms with Crippen LogP contribution in [0.4, 0.5) is 5.69 Å². The van der Waals surface area contributed by atoms with Crippen molar-refractivity contribution in [3.63, 3.8) is 0 Å². The van der Waals surface area contributed by atoms with Gasteiger partial charge in [-0.3, -0.25) is 9.78 Å². The smallest absolute Gasteiger partial charge is 0.270 e. The van der Waals surface area contributed by atoms with Crippen molar-refractivity contribution in [2.24, 2.45) is 0 Å². The van der Waals surface area contributed by atoms with Gasteiger partial charge in [0.25, 0.3) is 5.91 Å². The highest BCUT2D eigenvalue weighted by Gasteiger charge is 2.15. The number of nitrogens with zero attached hydrogens (tertiary/aromatic N) is 1. The first-order chi connectivity index (χ1) is 9.29. The number of carbonyl (C=O) groups is 1. The second kappa shape index (κ2) is 7.09. The van der Waals surface area contributed by atoms with E-state index in [0.717, 1.165) is 31.7 Å². The number of aromatic nitrogens is 1. The van der Waals surface area contributed by atoms with Crippen molar-refractivity contribution in [1.29, 1.82) is 0 Å². The number of hydrogen-bond acceptors (Lipinski definition) is 4. The molecule has 0 aliphatic carbocycles. The van der Waals surface area contributed by atoms with Crippen molar-refractivity contribution in [1.82, 2.24) is 10.3 Å². The Hall–Kier alpha value is -1.62. The predicted molar refractivity (Wildman–Crippen MR) is 74.3 cm³/mol. The second-order valence-electron chi connectivity index (χ2n) is 4.66. The fraction of sp³-hybridized carbons (Fsp3) is 0.571. The predicted octanol–water partition coefficient (Wildman–Crippen LogP) is 1.81. The lowest BCUT2D eigenvalue weighted by Gasteiger charge is -2.22. The number of rotatable bonds is 5. The molecule has 1 atom stereocenters. The van der Waals surface area contributed by atoms with E-state index in [1.807, 2.05) is 13.0 Å². The van der Waals surface area contributed by atoms with E-state index in [9.17, 15) is 4.79 Å². The van der Waals surface area contributed by atoms with Gasteiger partial charge in [-0.2, -0.15) is 0 Å². The van der Waals surface area contributed by atoms with Crippen LogP contribution in [0.3, 0.4) is 0 Å². The van der Waals surface area contributed by atoms with Crippen LogP contribution < -0.4 is 10.6 Å². The van der Waals surface area contributed by atoms with E-state index in [1.54, 1.807) is 12.3 Å². The molecule has 5 heteroatoms. The SMILES string of the molecule is CCNc1ccnc(C(=O)NCC2CCCCO2)c1. The Morgan fingerprint density at radius 2 is 2.42 bits per heavy atom. The molecule has 1 aromatic heterocycles. The van der Waals surface area contributed by atoms with Crippen molar-refractivity contribution in [2.45, 2.75) is 32.3 Å². The van der Waals surface area contributed by atoms with Crippen molar-refractivity contribution in [3.8, 4) is 0 Å². The maximum atomic E-state index is 12.0. The van der Waals surface area contributed by atoms with Crippen LogP contribution in [-0.4, -0.2) is 36.7 Å². The number of hydrogen-bond donors (Lipinski definition) is 2. The quantitative estimate of drug-likeness (QED) is 0.850. The van der Waals surface area contributed by atoms with Crippen molar-refractivity contribution in [3.05, 3.63) is 24.0 Å². The largest absolute Gasteiger partial charge is 0.385 e. The zero-order chi connectivity index (χ0) is 13.5. The standard InChI is InChI=1S/C14H21N3O2/c1-2-15-11-6-7-16-13(9-11)14(18)17-10-12-5-3-4-8-19-12/h6-7,9,12H,2-5,8,10H2,1H3,(H,15,16)(H,17,18). The maximum absolute atomic E-state index is 12.0. The molecule has 2 heterocycles. The van der Waals surface area contributed by atoms with Gasteiger partial charge in [0.15, 0.2) is 0 Å². The van der Waals surface area contributed by atoms with Crippen LogP contribution >= 0.6 is 0 Å². The molecule has 19 heavy (non-hydrogen) atoms. The molecular weight excluding hydrogens is 242 g/mol. The normalized spacial score (nSPS) is 18.9. The summed E-state index contributed by atoms with van der Waals surface area (Å²) in [5, 5.41) is 6.05. The Kier molecular flexibility index (Phi) is 5.15. The van der Waals surface area contributed by atoms with Gasteiger partial charge in [-0.1, -0.05) is 0 Å². The first kappa shape index (κ1) is 13.8. The van der Waals surface area contributed by atoms with E-state index >= 15 is 0 Å². The first-order valence-electron chi connectivity index (χ1n) is 6.89. The lowest BCUT2D eigenvalue weighted by molar-refractivity contribution is 0.0168. The first-order valence-corrected chi connectivity index (χ1v) is 6.89. The van der Waals surface area contributed by atoms with Gasteiger partial charge in [0.2, 0.25) is 0 Å². The summed E-state index contributed by atoms with van der Waals surface area (Å²) in [6.45, 7) is 4.20. The molecule has 2 rings (SSSR count). The molecule has 104 valence electrons. The number of amides is 1. The zero-order valence-corrected chi connectivity index (χ0v) is 11.3. The Morgan fingerprint density at radius 1 is 1.53 bits per heavy atom. The molecule has 1 aliphatic heterocycles. The van der Waals surface area contributed by atoms with Crippen LogP contribution in [0.1, 0.15) is 36.7 Å². The lowest BCUT2D eigenvalue weighted by Crippen LogP contribution is -2.35. The summed E-state index contributed by atoms with van der Waals surface area (Å²) in [4.78, 5) is 16.1. The highest BCUT2D eigenvalue weighted by Crippen LogP contribution is 2.12. The van der Waals surface area contributed by atoms with Gasteiger partial charge >= 0.3 is 0 Å². The zero-order valence-electron chi connectivity index (χ0n) is 11.3. The number of carbonyl (C=O) groups excluding carboxylic acids is 1. The third kappa shape index (κ3) is 4.21. The number of anilines is 1. The molecule has 2 N–H and O–H groups in total. The minimum Gasteiger partial charge on any atom is -0.385 e. The van der Waals surface area contributed by atoms with Gasteiger partial charge < -0.3 is 15.4 Å². The minimum absolute atomic E-state index is 0.145. The van der Waals surface area contributed by atoms with Crippen LogP contribution in [0.15, 0.2) is 18.3 Å². The third-order valence-corrected chi connectivity index (χ3v) is 3.14. The molecule has 0 bridgehead atoms. The van der Waals surface area contributed by atoms with Gasteiger partial charge in [0.05, 0.1) is 6.10 Å². The van der Waals surface area contributed by atoms with Gasteiger partial charge in [0, 0.05) is 31.6 Å². The maximum Gasteiger partial charge on any atom is 0.270 e. The Bertz CT molecular complexity index is 417. The van der Waals surface area contributed by atoms with E-state index in [0.29, 0.717) is 12.2 Å². The summed E-state index contributed by atoms with van der Waals surface area (Å²) in [5.41, 5.74) is 1.35. The lowest BCUT2D eigenvalue weighted by atomic mass is 10.1. The summed E-state index contributed by atoms with van der Waals surface area (Å²) >= 11 is 0. The summed E-state index contributed by atoms with van der Waals surface area (Å²) in [7, 11) is 0. The fourth-order valence-corrected chi connectivity index (χ4v) is 2.13. The van der Waals surface area contributed by atoms with Gasteiger partial charge in [-0.05, 0) is 38.3 Å². The molecule has 0 radical (unpaired) electrons. The number of nitrogens with one attached hydrogen (secondary N) is 2. The Balaban J connectivity index is 1.86. The molecule has 1 amide bonds. The Morgan fingerprint density at radius 3 is 3.16 bits per heavy atom. The topological polar surface area (TPSA) is 63.2 Å². The molecule has 0 spiro atoms. The third-order valence-electron chi connectivity index (χ3n) is 3.14. The van der Waals surface area contributed by atoms with Gasteiger partial charge in [0.1, 0.15) is 5.69 Å². The van der Waals surface area contributed by atoms with Gasteiger partial charge in [-0.25, -0.2) is 0 Å². The highest BCUT2D eigenvalue weighted by molar-refractivity contribution is 5.93. The molecule has 1 aliphatic rings. The van der Waals surface area contributed by atoms with Crippen molar-refractivity contribution >= 4 is 11.6 Å². The summed E-state index contributed by atoms with van der Waals surface area (Å²) in [6, 6.07) is 3.62. The van der Waals surface area contributed by atoms with Crippen LogP contribution in [-0.2, 0) is 4.74 Å². The second-order valence-corrected chi connectivity index (χ2v) is 4.66. The van der Waals surface area contributed by atoms with Crippen molar-refractivity contribution in [2.75, 3.05) is 25.0 Å². The van der Waals surface area contributed by atoms with Crippen LogP contribution in [0.2, 0.25) is 0 Å². The van der Waals surface area contributed by atoms with E-state index < -0.39 is 0 Å². The molecule has 1 fully saturated rings. The molecular formula is C14H21N3O2. The van der Waals surface area contributed by atoms with Gasteiger partial charge in [-0.15, -0.1) is 0 Å². The monoisotopic (exact) mass is 263 g/mol. The van der Waals surface area contributed by atoms with E-state index in [-0.39, 0.29) is 12.0 Å². The average Bonchev–Trinajstić information content (AvgIpc) is 2.46. The molecule has 0 saturated carbocycles. The summed E-state index contributed by atoms with van der Waals surface area (Å²) in [6.07, 6.45) is 5.11. The van der Waals surface area contributed by atoms with Crippen LogP contribution in [0, 0.1) is 0 Å². The van der Waals surface area contributed by atoms with Crippen LogP contribution in [0.25, 0.3) is 0 Å². The Labute approximate surface area is 113 Å².